The van der Waals surface area contributed by atoms with Crippen molar-refractivity contribution in [2.45, 2.75) is 46.1 Å². The Morgan fingerprint density at radius 2 is 1.97 bits per heavy atom. The number of para-hydroxylation sites is 1. The van der Waals surface area contributed by atoms with E-state index in [4.69, 9.17) is 9.57 Å². The van der Waals surface area contributed by atoms with Gasteiger partial charge in [-0.2, -0.15) is 0 Å². The molecule has 1 N–H and O–H groups in total. The van der Waals surface area contributed by atoms with Crippen molar-refractivity contribution < 1.29 is 19.1 Å². The van der Waals surface area contributed by atoms with E-state index < -0.39 is 23.2 Å². The number of thiazole rings is 1. The van der Waals surface area contributed by atoms with Crippen LogP contribution in [0.3, 0.4) is 0 Å². The zero-order valence-electron chi connectivity index (χ0n) is 20.8. The fourth-order valence-corrected chi connectivity index (χ4v) is 4.74. The highest BCUT2D eigenvalue weighted by molar-refractivity contribution is 7.18. The van der Waals surface area contributed by atoms with Gasteiger partial charge in [0.1, 0.15) is 28.8 Å². The standard InChI is InChI=1S/C26H27FN4O5S/c1-15(2)36-29-16(3)19-12-30(13-21(32)18-11-17(27)9-10-22(18)35-4)26(34)31(25(19)33)14-24-28-20-7-5-6-8-23(20)37-24/h5-12,15,21,32H,13-14H2,1-4H3/b29-16+. The van der Waals surface area contributed by atoms with E-state index >= 15 is 0 Å². The lowest BCUT2D eigenvalue weighted by Crippen LogP contribution is -2.43. The average Bonchev–Trinajstić information content (AvgIpc) is 3.29. The molecule has 0 aliphatic carbocycles. The van der Waals surface area contributed by atoms with Gasteiger partial charge < -0.3 is 14.7 Å². The summed E-state index contributed by atoms with van der Waals surface area (Å²) in [6, 6.07) is 11.3. The Morgan fingerprint density at radius 3 is 2.68 bits per heavy atom. The maximum Gasteiger partial charge on any atom is 0.331 e. The van der Waals surface area contributed by atoms with Crippen molar-refractivity contribution in [1.82, 2.24) is 14.1 Å². The van der Waals surface area contributed by atoms with Crippen molar-refractivity contribution in [2.75, 3.05) is 7.11 Å². The van der Waals surface area contributed by atoms with Gasteiger partial charge in [0.05, 0.1) is 41.7 Å². The number of aliphatic hydroxyl groups is 1. The minimum atomic E-state index is -1.30. The summed E-state index contributed by atoms with van der Waals surface area (Å²) >= 11 is 1.38. The number of nitrogens with zero attached hydrogens (tertiary/aromatic N) is 4. The first-order chi connectivity index (χ1) is 17.7. The number of methoxy groups -OCH3 is 1. The summed E-state index contributed by atoms with van der Waals surface area (Å²) in [6.07, 6.45) is -0.182. The zero-order chi connectivity index (χ0) is 26.7. The second kappa shape index (κ2) is 11.1. The Kier molecular flexibility index (Phi) is 7.84. The molecule has 2 aromatic carbocycles. The molecular weight excluding hydrogens is 499 g/mol. The Hall–Kier alpha value is -3.83. The normalized spacial score (nSPS) is 12.8. The molecule has 0 aliphatic rings. The molecule has 0 saturated carbocycles. The van der Waals surface area contributed by atoms with E-state index in [1.54, 1.807) is 20.8 Å². The number of ether oxygens (including phenoxy) is 1. The van der Waals surface area contributed by atoms with E-state index in [1.807, 2.05) is 24.3 Å². The highest BCUT2D eigenvalue weighted by Crippen LogP contribution is 2.27. The van der Waals surface area contributed by atoms with Crippen LogP contribution in [-0.2, 0) is 17.9 Å². The Balaban J connectivity index is 1.80. The number of hydrogen-bond donors (Lipinski definition) is 1. The monoisotopic (exact) mass is 526 g/mol. The molecule has 0 amide bonds. The molecule has 9 nitrogen and oxygen atoms in total. The van der Waals surface area contributed by atoms with Gasteiger partial charge in [-0.05, 0) is 51.1 Å². The summed E-state index contributed by atoms with van der Waals surface area (Å²) < 4.78 is 22.3. The van der Waals surface area contributed by atoms with Crippen LogP contribution in [0, 0.1) is 5.82 Å². The summed E-state index contributed by atoms with van der Waals surface area (Å²) in [6.45, 7) is 4.87. The van der Waals surface area contributed by atoms with Gasteiger partial charge in [-0.3, -0.25) is 13.9 Å². The third-order valence-electron chi connectivity index (χ3n) is 5.58. The molecule has 37 heavy (non-hydrogen) atoms. The number of rotatable bonds is 9. The SMILES string of the molecule is COc1ccc(F)cc1C(O)Cn1cc(/C(C)=N/OC(C)C)c(=O)n(Cc2nc3ccccc3s2)c1=O. The zero-order valence-corrected chi connectivity index (χ0v) is 21.7. The van der Waals surface area contributed by atoms with E-state index in [0.29, 0.717) is 5.01 Å². The predicted octanol–water partition coefficient (Wildman–Crippen LogP) is 3.70. The van der Waals surface area contributed by atoms with E-state index in [0.717, 1.165) is 20.9 Å². The van der Waals surface area contributed by atoms with Crippen LogP contribution in [0.15, 0.2) is 63.4 Å². The number of fused-ring (bicyclic) bond motifs is 1. The molecule has 4 rings (SSSR count). The third-order valence-corrected chi connectivity index (χ3v) is 6.60. The van der Waals surface area contributed by atoms with Crippen LogP contribution in [0.5, 0.6) is 5.75 Å². The van der Waals surface area contributed by atoms with Crippen molar-refractivity contribution in [1.29, 1.82) is 0 Å². The Morgan fingerprint density at radius 1 is 1.22 bits per heavy atom. The molecule has 0 fully saturated rings. The van der Waals surface area contributed by atoms with Crippen molar-refractivity contribution in [3.8, 4) is 5.75 Å². The van der Waals surface area contributed by atoms with Crippen LogP contribution in [0.25, 0.3) is 10.2 Å². The number of oxime groups is 1. The summed E-state index contributed by atoms with van der Waals surface area (Å²) in [5.74, 6) is -0.287. The summed E-state index contributed by atoms with van der Waals surface area (Å²) in [5, 5.41) is 15.5. The van der Waals surface area contributed by atoms with Gasteiger partial charge in [0.15, 0.2) is 0 Å². The van der Waals surface area contributed by atoms with E-state index in [9.17, 15) is 19.1 Å². The highest BCUT2D eigenvalue weighted by Gasteiger charge is 2.20. The molecule has 4 aromatic rings. The van der Waals surface area contributed by atoms with Gasteiger partial charge in [0, 0.05) is 11.8 Å². The minimum absolute atomic E-state index is 0.0669. The highest BCUT2D eigenvalue weighted by atomic mass is 32.1. The predicted molar refractivity (Wildman–Crippen MR) is 140 cm³/mol. The lowest BCUT2D eigenvalue weighted by molar-refractivity contribution is 0.0859. The number of aliphatic hydroxyl groups excluding tert-OH is 1. The number of aromatic nitrogens is 3. The van der Waals surface area contributed by atoms with Crippen molar-refractivity contribution in [3.05, 3.63) is 91.5 Å². The van der Waals surface area contributed by atoms with Gasteiger partial charge in [0.25, 0.3) is 5.56 Å². The summed E-state index contributed by atoms with van der Waals surface area (Å²) in [4.78, 5) is 36.7. The maximum absolute atomic E-state index is 13.9. The fraction of sp³-hybridized carbons (Fsp3) is 0.308. The van der Waals surface area contributed by atoms with Gasteiger partial charge in [-0.15, -0.1) is 11.3 Å². The Bertz CT molecular complexity index is 1540. The topological polar surface area (TPSA) is 108 Å². The molecule has 1 atom stereocenters. The van der Waals surface area contributed by atoms with Gasteiger partial charge in [0.2, 0.25) is 0 Å². The molecule has 0 radical (unpaired) electrons. The second-order valence-corrected chi connectivity index (χ2v) is 9.79. The van der Waals surface area contributed by atoms with Crippen molar-refractivity contribution in [2.24, 2.45) is 5.16 Å². The smallest absolute Gasteiger partial charge is 0.331 e. The number of benzene rings is 2. The lowest BCUT2D eigenvalue weighted by atomic mass is 10.1. The lowest BCUT2D eigenvalue weighted by Gasteiger charge is -2.18. The second-order valence-electron chi connectivity index (χ2n) is 8.68. The van der Waals surface area contributed by atoms with Crippen LogP contribution in [-0.4, -0.2) is 38.2 Å². The van der Waals surface area contributed by atoms with Crippen LogP contribution in [0.2, 0.25) is 0 Å². The molecular formula is C26H27FN4O5S. The van der Waals surface area contributed by atoms with Crippen molar-refractivity contribution in [3.63, 3.8) is 0 Å². The molecule has 0 saturated heterocycles. The molecule has 0 bridgehead atoms. The quantitative estimate of drug-likeness (QED) is 0.263. The number of halogens is 1. The van der Waals surface area contributed by atoms with Gasteiger partial charge in [-0.1, -0.05) is 17.3 Å². The molecule has 1 unspecified atom stereocenters. The van der Waals surface area contributed by atoms with E-state index in [1.165, 1.54) is 41.3 Å². The summed E-state index contributed by atoms with van der Waals surface area (Å²) in [7, 11) is 1.40. The molecule has 11 heteroatoms. The Labute approximate surface area is 216 Å². The first-order valence-corrected chi connectivity index (χ1v) is 12.4. The summed E-state index contributed by atoms with van der Waals surface area (Å²) in [5.41, 5.74) is 0.118. The number of hydrogen-bond acceptors (Lipinski definition) is 8. The average molecular weight is 527 g/mol. The van der Waals surface area contributed by atoms with Gasteiger partial charge >= 0.3 is 5.69 Å². The molecule has 2 aromatic heterocycles. The van der Waals surface area contributed by atoms with E-state index in [2.05, 4.69) is 10.1 Å². The first kappa shape index (κ1) is 26.2. The van der Waals surface area contributed by atoms with Crippen LogP contribution in [0.1, 0.15) is 43.0 Å². The third kappa shape index (κ3) is 5.78. The minimum Gasteiger partial charge on any atom is -0.496 e. The maximum atomic E-state index is 13.9. The van der Waals surface area contributed by atoms with Crippen LogP contribution < -0.4 is 16.0 Å². The van der Waals surface area contributed by atoms with E-state index in [-0.39, 0.29) is 41.8 Å². The fourth-order valence-electron chi connectivity index (χ4n) is 3.78. The molecule has 0 spiro atoms. The van der Waals surface area contributed by atoms with Crippen LogP contribution in [0.4, 0.5) is 4.39 Å². The van der Waals surface area contributed by atoms with Crippen LogP contribution >= 0.6 is 11.3 Å². The molecule has 2 heterocycles. The molecule has 0 aliphatic heterocycles. The van der Waals surface area contributed by atoms with Gasteiger partial charge in [-0.25, -0.2) is 14.2 Å². The first-order valence-electron chi connectivity index (χ1n) is 11.6. The largest absolute Gasteiger partial charge is 0.496 e. The van der Waals surface area contributed by atoms with Crippen molar-refractivity contribution >= 4 is 27.3 Å². The molecule has 194 valence electrons.